The third kappa shape index (κ3) is 2.54. The predicted octanol–water partition coefficient (Wildman–Crippen LogP) is 1.67. The van der Waals surface area contributed by atoms with Gasteiger partial charge in [0.05, 0.1) is 0 Å². The number of amidine groups is 1. The summed E-state index contributed by atoms with van der Waals surface area (Å²) in [5.74, 6) is 0.659. The lowest BCUT2D eigenvalue weighted by molar-refractivity contribution is 0.318. The zero-order valence-corrected chi connectivity index (χ0v) is 9.74. The first-order valence-electron chi connectivity index (χ1n) is 5.24. The monoisotopic (exact) mass is 244 g/mol. The summed E-state index contributed by atoms with van der Waals surface area (Å²) in [6.07, 6.45) is 2.91. The van der Waals surface area contributed by atoms with Crippen LogP contribution < -0.4 is 10.5 Å². The maximum absolute atomic E-state index is 8.66. The van der Waals surface area contributed by atoms with Crippen LogP contribution in [0.5, 0.6) is 11.6 Å². The third-order valence-corrected chi connectivity index (χ3v) is 2.22. The van der Waals surface area contributed by atoms with Crippen LogP contribution in [0.2, 0.25) is 0 Å². The number of benzene rings is 1. The Labute approximate surface area is 104 Å². The molecule has 0 aliphatic carbocycles. The summed E-state index contributed by atoms with van der Waals surface area (Å²) in [4.78, 5) is 7.98. The van der Waals surface area contributed by atoms with E-state index in [2.05, 4.69) is 15.1 Å². The molecule has 2 aromatic rings. The van der Waals surface area contributed by atoms with E-state index in [1.807, 2.05) is 25.1 Å². The molecule has 0 radical (unpaired) electrons. The van der Waals surface area contributed by atoms with Crippen LogP contribution in [0.15, 0.2) is 41.8 Å². The van der Waals surface area contributed by atoms with Crippen molar-refractivity contribution in [3.63, 3.8) is 0 Å². The average Bonchev–Trinajstić information content (AvgIpc) is 2.38. The Morgan fingerprint density at radius 3 is 2.83 bits per heavy atom. The van der Waals surface area contributed by atoms with Gasteiger partial charge in [0.1, 0.15) is 5.75 Å². The zero-order valence-electron chi connectivity index (χ0n) is 9.74. The minimum Gasteiger partial charge on any atom is -0.437 e. The van der Waals surface area contributed by atoms with Crippen LogP contribution in [0.1, 0.15) is 11.3 Å². The van der Waals surface area contributed by atoms with E-state index in [1.165, 1.54) is 12.4 Å². The maximum Gasteiger partial charge on any atom is 0.249 e. The van der Waals surface area contributed by atoms with Crippen molar-refractivity contribution in [2.75, 3.05) is 0 Å². The highest BCUT2D eigenvalue weighted by Crippen LogP contribution is 2.22. The average molecular weight is 244 g/mol. The first-order valence-corrected chi connectivity index (χ1v) is 5.24. The van der Waals surface area contributed by atoms with Crippen molar-refractivity contribution in [3.8, 4) is 11.6 Å². The smallest absolute Gasteiger partial charge is 0.249 e. The van der Waals surface area contributed by atoms with E-state index in [4.69, 9.17) is 15.7 Å². The summed E-state index contributed by atoms with van der Waals surface area (Å²) in [5, 5.41) is 11.6. The second-order valence-electron chi connectivity index (χ2n) is 3.61. The zero-order chi connectivity index (χ0) is 13.0. The molecule has 92 valence electrons. The number of aromatic nitrogens is 2. The van der Waals surface area contributed by atoms with Gasteiger partial charge in [-0.1, -0.05) is 17.3 Å². The molecule has 0 saturated heterocycles. The van der Waals surface area contributed by atoms with Crippen LogP contribution >= 0.6 is 0 Å². The molecule has 2 rings (SSSR count). The van der Waals surface area contributed by atoms with Crippen LogP contribution in [-0.2, 0) is 0 Å². The van der Waals surface area contributed by atoms with E-state index < -0.39 is 0 Å². The van der Waals surface area contributed by atoms with Gasteiger partial charge in [0.15, 0.2) is 11.5 Å². The van der Waals surface area contributed by atoms with Crippen molar-refractivity contribution in [1.82, 2.24) is 9.97 Å². The second-order valence-corrected chi connectivity index (χ2v) is 3.61. The highest BCUT2D eigenvalue weighted by molar-refractivity contribution is 5.97. The molecule has 6 nitrogen and oxygen atoms in total. The summed E-state index contributed by atoms with van der Waals surface area (Å²) in [6.45, 7) is 1.95. The van der Waals surface area contributed by atoms with Crippen molar-refractivity contribution >= 4 is 5.84 Å². The van der Waals surface area contributed by atoms with Gasteiger partial charge in [0.2, 0.25) is 5.88 Å². The summed E-state index contributed by atoms with van der Waals surface area (Å²) < 4.78 is 5.57. The number of nitrogens with zero attached hydrogens (tertiary/aromatic N) is 3. The molecule has 0 spiro atoms. The van der Waals surface area contributed by atoms with Crippen LogP contribution in [0.3, 0.4) is 0 Å². The summed E-state index contributed by atoms with van der Waals surface area (Å²) in [7, 11) is 0. The van der Waals surface area contributed by atoms with E-state index in [-0.39, 0.29) is 17.4 Å². The van der Waals surface area contributed by atoms with Gasteiger partial charge in [-0.15, -0.1) is 0 Å². The quantitative estimate of drug-likeness (QED) is 0.371. The van der Waals surface area contributed by atoms with Crippen molar-refractivity contribution in [1.29, 1.82) is 0 Å². The predicted molar refractivity (Wildman–Crippen MR) is 65.8 cm³/mol. The molecule has 6 heteroatoms. The molecule has 0 bridgehead atoms. The van der Waals surface area contributed by atoms with E-state index in [0.717, 1.165) is 5.56 Å². The molecule has 0 amide bonds. The van der Waals surface area contributed by atoms with Crippen molar-refractivity contribution in [2.45, 2.75) is 6.92 Å². The molecule has 0 atom stereocenters. The lowest BCUT2D eigenvalue weighted by Crippen LogP contribution is -2.16. The molecule has 0 aliphatic rings. The van der Waals surface area contributed by atoms with Gasteiger partial charge in [-0.2, -0.15) is 0 Å². The van der Waals surface area contributed by atoms with Crippen molar-refractivity contribution in [3.05, 3.63) is 47.9 Å². The second kappa shape index (κ2) is 5.13. The normalized spacial score (nSPS) is 11.3. The van der Waals surface area contributed by atoms with E-state index in [0.29, 0.717) is 5.75 Å². The first-order chi connectivity index (χ1) is 8.70. The fourth-order valence-electron chi connectivity index (χ4n) is 1.41. The van der Waals surface area contributed by atoms with Crippen LogP contribution in [0.4, 0.5) is 0 Å². The fourth-order valence-corrected chi connectivity index (χ4v) is 1.41. The fraction of sp³-hybridized carbons (Fsp3) is 0.0833. The van der Waals surface area contributed by atoms with Gasteiger partial charge < -0.3 is 15.7 Å². The molecule has 0 fully saturated rings. The molecule has 1 aromatic heterocycles. The van der Waals surface area contributed by atoms with Crippen molar-refractivity contribution in [2.24, 2.45) is 10.9 Å². The minimum atomic E-state index is -0.147. The Kier molecular flexibility index (Phi) is 3.38. The molecular formula is C12H12N4O2. The number of oxime groups is 1. The number of hydrogen-bond donors (Lipinski definition) is 2. The van der Waals surface area contributed by atoms with Crippen LogP contribution in [0, 0.1) is 6.92 Å². The van der Waals surface area contributed by atoms with Crippen molar-refractivity contribution < 1.29 is 9.94 Å². The highest BCUT2D eigenvalue weighted by Gasteiger charge is 2.12. The van der Waals surface area contributed by atoms with Gasteiger partial charge in [0, 0.05) is 12.4 Å². The van der Waals surface area contributed by atoms with Crippen LogP contribution in [0.25, 0.3) is 0 Å². The molecule has 18 heavy (non-hydrogen) atoms. The Morgan fingerprint density at radius 2 is 2.11 bits per heavy atom. The molecular weight excluding hydrogens is 232 g/mol. The van der Waals surface area contributed by atoms with Gasteiger partial charge in [-0.05, 0) is 24.6 Å². The maximum atomic E-state index is 8.66. The van der Waals surface area contributed by atoms with Gasteiger partial charge in [-0.25, -0.2) is 9.97 Å². The lowest BCUT2D eigenvalue weighted by atomic mass is 10.2. The molecule has 0 aliphatic heterocycles. The number of hydrogen-bond acceptors (Lipinski definition) is 5. The SMILES string of the molecule is Cc1cccc(Oc2nccnc2/C(N)=N/O)c1. The molecule has 0 saturated carbocycles. The summed E-state index contributed by atoms with van der Waals surface area (Å²) in [6, 6.07) is 7.46. The van der Waals surface area contributed by atoms with Gasteiger partial charge in [0.25, 0.3) is 0 Å². The van der Waals surface area contributed by atoms with Gasteiger partial charge in [-0.3, -0.25) is 0 Å². The Balaban J connectivity index is 2.35. The Bertz CT molecular complexity index is 584. The molecule has 1 aromatic carbocycles. The Morgan fingerprint density at radius 1 is 1.33 bits per heavy atom. The number of nitrogens with two attached hydrogens (primary N) is 1. The lowest BCUT2D eigenvalue weighted by Gasteiger charge is -2.08. The van der Waals surface area contributed by atoms with Gasteiger partial charge >= 0.3 is 0 Å². The third-order valence-electron chi connectivity index (χ3n) is 2.22. The largest absolute Gasteiger partial charge is 0.437 e. The van der Waals surface area contributed by atoms with Crippen LogP contribution in [-0.4, -0.2) is 21.0 Å². The number of ether oxygens (including phenoxy) is 1. The molecule has 0 unspecified atom stereocenters. The molecule has 1 heterocycles. The number of aryl methyl sites for hydroxylation is 1. The van der Waals surface area contributed by atoms with E-state index in [1.54, 1.807) is 6.07 Å². The molecule has 3 N–H and O–H groups in total. The number of rotatable bonds is 3. The first kappa shape index (κ1) is 11.8. The summed E-state index contributed by atoms with van der Waals surface area (Å²) >= 11 is 0. The minimum absolute atomic E-state index is 0.147. The Hall–Kier alpha value is -2.63. The highest BCUT2D eigenvalue weighted by atomic mass is 16.5. The van der Waals surface area contributed by atoms with E-state index >= 15 is 0 Å². The topological polar surface area (TPSA) is 93.6 Å². The van der Waals surface area contributed by atoms with E-state index in [9.17, 15) is 0 Å². The standard InChI is InChI=1S/C12H12N4O2/c1-8-3-2-4-9(7-8)18-12-10(11(13)16-17)14-5-6-15-12/h2-7,17H,1H3,(H2,13,16). The summed E-state index contributed by atoms with van der Waals surface area (Å²) in [5.41, 5.74) is 6.75.